The van der Waals surface area contributed by atoms with E-state index in [1.807, 2.05) is 0 Å². The van der Waals surface area contributed by atoms with Crippen LogP contribution in [0.3, 0.4) is 0 Å². The highest BCUT2D eigenvalue weighted by Gasteiger charge is 2.49. The number of urea groups is 1. The third kappa shape index (κ3) is 8.84. The van der Waals surface area contributed by atoms with Crippen LogP contribution >= 0.6 is 23.5 Å². The second kappa shape index (κ2) is 14.4. The standard InChI is InChI=1S/C29H28F3N2O15P3/c30-29(31,32)21-7-3-6-19(11-21)22-12-20-13-34(28(37)33-26(20)46-22)27-25(36)24(35)23(47-27)15-45-51(40,41)49-52(42,43)48-50(38,39)44-14-16-8-9-17-4-1-2-5-18(17)10-16/h1-13,23-27,35-36H,14-15H2,(H,33,37)(H,38,39)(H,40,41)(H,42,43)/p-3/t23-,24?,25+,26?,27-/m1/s1. The summed E-state index contributed by atoms with van der Waals surface area (Å²) in [7, 11) is -17.9. The summed E-state index contributed by atoms with van der Waals surface area (Å²) < 4.78 is 104. The SMILES string of the molecule is O=C1NC2OC(c3cccc(C(F)(F)F)c3)=CC2=CN1[C@@H]1O[C@H](COP(=O)([O-])OP(=O)([O-])OP(=O)([O-])OCc2ccc3ccccc3c2)C(O)[C@@H]1O. The molecule has 3 heterocycles. The fraction of sp³-hybridized carbons (Fsp3) is 0.276. The van der Waals surface area contributed by atoms with Gasteiger partial charge < -0.3 is 43.4 Å². The van der Waals surface area contributed by atoms with Crippen LogP contribution in [-0.2, 0) is 53.6 Å². The highest BCUT2D eigenvalue weighted by molar-refractivity contribution is 7.65. The van der Waals surface area contributed by atoms with Crippen molar-refractivity contribution >= 4 is 46.0 Å². The molecule has 3 aromatic rings. The Bertz CT molecular complexity index is 2080. The number of aliphatic hydroxyl groups is 2. The molecule has 8 atom stereocenters. The summed E-state index contributed by atoms with van der Waals surface area (Å²) in [6.45, 7) is -1.88. The Hall–Kier alpha value is -3.45. The first-order valence-electron chi connectivity index (χ1n) is 14.8. The third-order valence-electron chi connectivity index (χ3n) is 7.71. The number of ether oxygens (including phenoxy) is 2. The van der Waals surface area contributed by atoms with Crippen molar-refractivity contribution in [1.29, 1.82) is 0 Å². The van der Waals surface area contributed by atoms with Crippen LogP contribution in [0.25, 0.3) is 16.5 Å². The Morgan fingerprint density at radius 2 is 1.56 bits per heavy atom. The Morgan fingerprint density at radius 1 is 0.865 bits per heavy atom. The summed E-state index contributed by atoms with van der Waals surface area (Å²) in [6.07, 6.45) is -10.6. The van der Waals surface area contributed by atoms with Gasteiger partial charge >= 0.3 is 12.2 Å². The molecule has 3 aromatic carbocycles. The van der Waals surface area contributed by atoms with Gasteiger partial charge in [-0.05, 0) is 40.6 Å². The number of nitrogens with one attached hydrogen (secondary N) is 1. The molecule has 52 heavy (non-hydrogen) atoms. The summed E-state index contributed by atoms with van der Waals surface area (Å²) in [5.41, 5.74) is -0.406. The fourth-order valence-electron chi connectivity index (χ4n) is 5.32. The molecule has 0 radical (unpaired) electrons. The van der Waals surface area contributed by atoms with Crippen LogP contribution in [0, 0.1) is 0 Å². The molecule has 0 bridgehead atoms. The number of hydrogen-bond donors (Lipinski definition) is 3. The van der Waals surface area contributed by atoms with E-state index in [9.17, 15) is 56.6 Å². The lowest BCUT2D eigenvalue weighted by Gasteiger charge is -2.34. The van der Waals surface area contributed by atoms with Crippen molar-refractivity contribution in [1.82, 2.24) is 10.2 Å². The summed E-state index contributed by atoms with van der Waals surface area (Å²) in [5.74, 6) is -0.0284. The van der Waals surface area contributed by atoms with Gasteiger partial charge in [0, 0.05) is 17.3 Å². The fourth-order valence-corrected chi connectivity index (χ4v) is 8.68. The topological polar surface area (TPSA) is 249 Å². The van der Waals surface area contributed by atoms with Gasteiger partial charge in [-0.3, -0.25) is 23.9 Å². The molecule has 0 spiro atoms. The smallest absolute Gasteiger partial charge is 0.416 e. The number of halogens is 3. The maximum atomic E-state index is 13.2. The van der Waals surface area contributed by atoms with E-state index in [-0.39, 0.29) is 16.9 Å². The third-order valence-corrected chi connectivity index (χ3v) is 11.8. The molecule has 23 heteroatoms. The predicted molar refractivity (Wildman–Crippen MR) is 163 cm³/mol. The number of phosphoric ester groups is 2. The number of alkyl halides is 3. The molecule has 17 nitrogen and oxygen atoms in total. The average molecular weight is 791 g/mol. The maximum absolute atomic E-state index is 13.2. The second-order valence-corrected chi connectivity index (χ2v) is 15.9. The lowest BCUT2D eigenvalue weighted by atomic mass is 10.1. The molecule has 3 aliphatic rings. The van der Waals surface area contributed by atoms with Crippen molar-refractivity contribution < 1.29 is 83.7 Å². The number of rotatable bonds is 12. The monoisotopic (exact) mass is 791 g/mol. The number of carbonyl (C=O) groups excluding carboxylic acids is 1. The summed E-state index contributed by atoms with van der Waals surface area (Å²) in [5, 5.41) is 25.0. The molecule has 1 saturated heterocycles. The number of aliphatic hydroxyl groups excluding tert-OH is 2. The van der Waals surface area contributed by atoms with Gasteiger partial charge in [0.25, 0.3) is 23.5 Å². The minimum atomic E-state index is -6.22. The van der Waals surface area contributed by atoms with E-state index in [2.05, 4.69) is 23.0 Å². The number of fused-ring (bicyclic) bond motifs is 2. The first kappa shape index (κ1) is 38.3. The molecule has 1 fully saturated rings. The van der Waals surface area contributed by atoms with Gasteiger partial charge in [-0.1, -0.05) is 48.5 Å². The molecular weight excluding hydrogens is 766 g/mol. The largest absolute Gasteiger partial charge is 0.756 e. The van der Waals surface area contributed by atoms with Gasteiger partial charge in [0.05, 0.1) is 18.8 Å². The molecule has 0 aliphatic carbocycles. The first-order chi connectivity index (χ1) is 24.3. The van der Waals surface area contributed by atoms with Gasteiger partial charge in [-0.15, -0.1) is 0 Å². The average Bonchev–Trinajstić information content (AvgIpc) is 3.60. The predicted octanol–water partition coefficient (Wildman–Crippen LogP) is 2.58. The molecule has 3 N–H and O–H groups in total. The number of phosphoric acid groups is 3. The van der Waals surface area contributed by atoms with Gasteiger partial charge in [-0.2, -0.15) is 13.2 Å². The molecular formula is C29H25F3N2O15P3-3. The van der Waals surface area contributed by atoms with E-state index >= 15 is 0 Å². The summed E-state index contributed by atoms with van der Waals surface area (Å²) in [4.78, 5) is 50.2. The van der Waals surface area contributed by atoms with Crippen molar-refractivity contribution in [2.75, 3.05) is 6.61 Å². The van der Waals surface area contributed by atoms with Crippen LogP contribution in [0.2, 0.25) is 0 Å². The Morgan fingerprint density at radius 3 is 2.27 bits per heavy atom. The van der Waals surface area contributed by atoms with Crippen LogP contribution in [-0.4, -0.2) is 58.5 Å². The molecule has 2 amide bonds. The molecule has 5 unspecified atom stereocenters. The second-order valence-electron chi connectivity index (χ2n) is 11.4. The van der Waals surface area contributed by atoms with E-state index in [0.717, 1.165) is 40.1 Å². The van der Waals surface area contributed by atoms with Gasteiger partial charge in [0.15, 0.2) is 6.23 Å². The van der Waals surface area contributed by atoms with Gasteiger partial charge in [0.2, 0.25) is 6.23 Å². The Labute approximate surface area is 291 Å². The lowest BCUT2D eigenvalue weighted by molar-refractivity contribution is -0.252. The van der Waals surface area contributed by atoms with Crippen LogP contribution in [0.15, 0.2) is 84.6 Å². The van der Waals surface area contributed by atoms with Crippen molar-refractivity contribution in [3.63, 3.8) is 0 Å². The highest BCUT2D eigenvalue weighted by atomic mass is 31.3. The number of amides is 2. The first-order valence-corrected chi connectivity index (χ1v) is 19.2. The van der Waals surface area contributed by atoms with Gasteiger partial charge in [-0.25, -0.2) is 13.4 Å². The quantitative estimate of drug-likeness (QED) is 0.223. The number of nitrogens with zero attached hydrogens (tertiary/aromatic N) is 1. The summed E-state index contributed by atoms with van der Waals surface area (Å²) in [6, 6.07) is 15.0. The lowest BCUT2D eigenvalue weighted by Crippen LogP contribution is -2.54. The van der Waals surface area contributed by atoms with Crippen molar-refractivity contribution in [3.05, 3.63) is 101 Å². The van der Waals surface area contributed by atoms with E-state index in [4.69, 9.17) is 9.47 Å². The van der Waals surface area contributed by atoms with Crippen LogP contribution < -0.4 is 20.0 Å². The molecule has 0 saturated carbocycles. The zero-order chi connectivity index (χ0) is 37.6. The number of benzene rings is 3. The Kier molecular flexibility index (Phi) is 10.6. The Balaban J connectivity index is 1.05. The van der Waals surface area contributed by atoms with E-state index < -0.39 is 85.2 Å². The highest BCUT2D eigenvalue weighted by Crippen LogP contribution is 2.63. The number of hydrogen-bond acceptors (Lipinski definition) is 15. The van der Waals surface area contributed by atoms with Crippen LogP contribution in [0.1, 0.15) is 16.7 Å². The molecule has 3 aliphatic heterocycles. The van der Waals surface area contributed by atoms with Gasteiger partial charge in [0.1, 0.15) is 24.1 Å². The van der Waals surface area contributed by atoms with Crippen molar-refractivity contribution in [2.45, 2.75) is 43.6 Å². The van der Waals surface area contributed by atoms with E-state index in [1.165, 1.54) is 18.2 Å². The number of carbonyl (C=O) groups is 1. The molecule has 6 rings (SSSR count). The van der Waals surface area contributed by atoms with Crippen molar-refractivity contribution in [3.8, 4) is 0 Å². The van der Waals surface area contributed by atoms with Crippen molar-refractivity contribution in [2.24, 2.45) is 0 Å². The molecule has 0 aromatic heterocycles. The normalized spacial score (nSPS) is 26.7. The minimum absolute atomic E-state index is 0.0284. The maximum Gasteiger partial charge on any atom is 0.416 e. The summed E-state index contributed by atoms with van der Waals surface area (Å²) >= 11 is 0. The van der Waals surface area contributed by atoms with Crippen LogP contribution in [0.5, 0.6) is 0 Å². The van der Waals surface area contributed by atoms with Crippen LogP contribution in [0.4, 0.5) is 18.0 Å². The zero-order valence-corrected chi connectivity index (χ0v) is 28.6. The minimum Gasteiger partial charge on any atom is -0.756 e. The molecule has 280 valence electrons. The van der Waals surface area contributed by atoms with E-state index in [1.54, 1.807) is 36.4 Å². The zero-order valence-electron chi connectivity index (χ0n) is 25.9. The van der Waals surface area contributed by atoms with E-state index in [0.29, 0.717) is 5.56 Å².